The molecule has 6 heteroatoms. The number of aryl methyl sites for hydroxylation is 1. The second kappa shape index (κ2) is 8.01. The first-order valence-corrected chi connectivity index (χ1v) is 8.83. The zero-order chi connectivity index (χ0) is 17.7. The van der Waals surface area contributed by atoms with E-state index in [1.165, 1.54) is 4.88 Å². The second-order valence-corrected chi connectivity index (χ2v) is 7.70. The lowest BCUT2D eigenvalue weighted by molar-refractivity contribution is -0.134. The minimum Gasteiger partial charge on any atom is -0.478 e. The van der Waals surface area contributed by atoms with E-state index >= 15 is 0 Å². The van der Waals surface area contributed by atoms with Gasteiger partial charge < -0.3 is 14.8 Å². The van der Waals surface area contributed by atoms with Gasteiger partial charge in [0.2, 0.25) is 0 Å². The van der Waals surface area contributed by atoms with Crippen molar-refractivity contribution in [2.75, 3.05) is 13.7 Å². The van der Waals surface area contributed by atoms with Crippen LogP contribution in [0.5, 0.6) is 5.75 Å². The van der Waals surface area contributed by atoms with Gasteiger partial charge in [-0.15, -0.1) is 11.3 Å². The number of amides is 1. The van der Waals surface area contributed by atoms with E-state index < -0.39 is 5.60 Å². The molecule has 1 atom stereocenters. The molecule has 24 heavy (non-hydrogen) atoms. The van der Waals surface area contributed by atoms with Crippen LogP contribution in [-0.4, -0.2) is 25.2 Å². The minimum atomic E-state index is -1.00. The number of rotatable bonds is 7. The molecule has 2 aromatic rings. The molecule has 1 amide bonds. The van der Waals surface area contributed by atoms with Crippen LogP contribution in [0.25, 0.3) is 0 Å². The van der Waals surface area contributed by atoms with Crippen LogP contribution in [0.2, 0.25) is 5.02 Å². The van der Waals surface area contributed by atoms with Crippen LogP contribution >= 0.6 is 22.9 Å². The summed E-state index contributed by atoms with van der Waals surface area (Å²) in [5.41, 5.74) is -1.00. The molecule has 0 bridgehead atoms. The summed E-state index contributed by atoms with van der Waals surface area (Å²) in [7, 11) is 1.64. The Morgan fingerprint density at radius 1 is 1.25 bits per heavy atom. The van der Waals surface area contributed by atoms with Gasteiger partial charge in [0.15, 0.2) is 5.60 Å². The van der Waals surface area contributed by atoms with Gasteiger partial charge in [-0.2, -0.15) is 0 Å². The van der Waals surface area contributed by atoms with Crippen LogP contribution < -0.4 is 10.1 Å². The molecule has 1 N–H and O–H groups in total. The number of benzene rings is 1. The number of halogens is 1. The fraction of sp³-hybridized carbons (Fsp3) is 0.389. The van der Waals surface area contributed by atoms with Gasteiger partial charge in [0.05, 0.1) is 0 Å². The molecule has 0 aliphatic heterocycles. The number of carbonyl (C=O) groups is 1. The molecule has 0 aliphatic rings. The number of nitrogens with one attached hydrogen (secondary N) is 1. The fourth-order valence-electron chi connectivity index (χ4n) is 2.17. The molecule has 2 rings (SSSR count). The molecule has 0 saturated carbocycles. The van der Waals surface area contributed by atoms with Crippen molar-refractivity contribution >= 4 is 28.8 Å². The summed E-state index contributed by atoms with van der Waals surface area (Å²) in [4.78, 5) is 14.8. The lowest BCUT2D eigenvalue weighted by atomic mass is 10.1. The molecule has 1 aromatic carbocycles. The van der Waals surface area contributed by atoms with Crippen molar-refractivity contribution in [3.8, 4) is 5.75 Å². The molecule has 0 spiro atoms. The van der Waals surface area contributed by atoms with Crippen molar-refractivity contribution in [2.24, 2.45) is 0 Å². The smallest absolute Gasteiger partial charge is 0.263 e. The molecule has 0 unspecified atom stereocenters. The summed E-state index contributed by atoms with van der Waals surface area (Å²) in [5, 5.41) is 3.53. The van der Waals surface area contributed by atoms with Crippen LogP contribution in [0.15, 0.2) is 36.4 Å². The molecular weight excluding hydrogens is 346 g/mol. The van der Waals surface area contributed by atoms with E-state index in [0.717, 1.165) is 4.88 Å². The number of hydrogen-bond acceptors (Lipinski definition) is 4. The van der Waals surface area contributed by atoms with E-state index in [1.54, 1.807) is 56.6 Å². The van der Waals surface area contributed by atoms with E-state index in [4.69, 9.17) is 21.1 Å². The third kappa shape index (κ3) is 4.97. The van der Waals surface area contributed by atoms with Crippen LogP contribution in [0.1, 0.15) is 29.7 Å². The average Bonchev–Trinajstić information content (AvgIpc) is 2.96. The first-order valence-electron chi connectivity index (χ1n) is 7.64. The lowest BCUT2D eigenvalue weighted by Crippen LogP contribution is -2.47. The maximum Gasteiger partial charge on any atom is 0.263 e. The van der Waals surface area contributed by atoms with Gasteiger partial charge in [0.1, 0.15) is 11.9 Å². The Hall–Kier alpha value is -1.56. The quantitative estimate of drug-likeness (QED) is 0.790. The second-order valence-electron chi connectivity index (χ2n) is 5.95. The van der Waals surface area contributed by atoms with Crippen LogP contribution in [-0.2, 0) is 9.53 Å². The number of thiophene rings is 1. The monoisotopic (exact) mass is 367 g/mol. The third-order valence-electron chi connectivity index (χ3n) is 3.54. The molecule has 130 valence electrons. The van der Waals surface area contributed by atoms with E-state index in [9.17, 15) is 4.79 Å². The number of ether oxygens (including phenoxy) is 2. The number of carbonyl (C=O) groups excluding carboxylic acids is 1. The predicted octanol–water partition coefficient (Wildman–Crippen LogP) is 4.37. The van der Waals surface area contributed by atoms with Gasteiger partial charge >= 0.3 is 0 Å². The topological polar surface area (TPSA) is 47.6 Å². The Morgan fingerprint density at radius 2 is 1.92 bits per heavy atom. The first-order chi connectivity index (χ1) is 11.3. The van der Waals surface area contributed by atoms with E-state index in [1.807, 2.05) is 19.1 Å². The zero-order valence-corrected chi connectivity index (χ0v) is 15.8. The molecule has 0 saturated heterocycles. The number of hydrogen-bond donors (Lipinski definition) is 1. The predicted molar refractivity (Wildman–Crippen MR) is 98.0 cm³/mol. The van der Waals surface area contributed by atoms with Gasteiger partial charge in [-0.1, -0.05) is 11.6 Å². The van der Waals surface area contributed by atoms with Crippen molar-refractivity contribution in [1.82, 2.24) is 5.32 Å². The summed E-state index contributed by atoms with van der Waals surface area (Å²) in [5.74, 6) is 0.393. The van der Waals surface area contributed by atoms with Crippen molar-refractivity contribution in [3.63, 3.8) is 0 Å². The Kier molecular flexibility index (Phi) is 6.27. The van der Waals surface area contributed by atoms with Crippen LogP contribution in [0, 0.1) is 6.92 Å². The van der Waals surface area contributed by atoms with Crippen LogP contribution in [0.4, 0.5) is 0 Å². The van der Waals surface area contributed by atoms with Crippen molar-refractivity contribution < 1.29 is 14.3 Å². The SMILES string of the molecule is CO[C@H](CNC(=O)C(C)(C)Oc1ccc(Cl)cc1)c1ccc(C)s1. The molecule has 0 aliphatic carbocycles. The van der Waals surface area contributed by atoms with Gasteiger partial charge in [-0.25, -0.2) is 0 Å². The molecule has 0 fully saturated rings. The normalized spacial score (nSPS) is 12.7. The summed E-state index contributed by atoms with van der Waals surface area (Å²) in [6, 6.07) is 11.0. The Balaban J connectivity index is 1.95. The zero-order valence-electron chi connectivity index (χ0n) is 14.3. The van der Waals surface area contributed by atoms with Gasteiger partial charge in [0, 0.05) is 28.4 Å². The van der Waals surface area contributed by atoms with Crippen molar-refractivity contribution in [1.29, 1.82) is 0 Å². The number of methoxy groups -OCH3 is 1. The minimum absolute atomic E-state index is 0.168. The first kappa shape index (κ1) is 18.8. The molecule has 0 radical (unpaired) electrons. The van der Waals surface area contributed by atoms with E-state index in [0.29, 0.717) is 17.3 Å². The highest BCUT2D eigenvalue weighted by Gasteiger charge is 2.30. The summed E-state index contributed by atoms with van der Waals surface area (Å²) < 4.78 is 11.3. The summed E-state index contributed by atoms with van der Waals surface area (Å²) in [6.07, 6.45) is -0.168. The highest BCUT2D eigenvalue weighted by atomic mass is 35.5. The molecule has 4 nitrogen and oxygen atoms in total. The maximum absolute atomic E-state index is 12.5. The lowest BCUT2D eigenvalue weighted by Gasteiger charge is -2.26. The summed E-state index contributed by atoms with van der Waals surface area (Å²) in [6.45, 7) is 5.90. The maximum atomic E-state index is 12.5. The Bertz CT molecular complexity index is 682. The highest BCUT2D eigenvalue weighted by Crippen LogP contribution is 2.25. The molecular formula is C18H22ClNO3S. The summed E-state index contributed by atoms with van der Waals surface area (Å²) >= 11 is 7.52. The Morgan fingerprint density at radius 3 is 2.46 bits per heavy atom. The van der Waals surface area contributed by atoms with Crippen molar-refractivity contribution in [3.05, 3.63) is 51.2 Å². The van der Waals surface area contributed by atoms with Gasteiger partial charge in [-0.3, -0.25) is 4.79 Å². The van der Waals surface area contributed by atoms with Gasteiger partial charge in [0.25, 0.3) is 5.91 Å². The fourth-order valence-corrected chi connectivity index (χ4v) is 3.25. The third-order valence-corrected chi connectivity index (χ3v) is 4.89. The molecule has 1 heterocycles. The highest BCUT2D eigenvalue weighted by molar-refractivity contribution is 7.12. The average molecular weight is 368 g/mol. The van der Waals surface area contributed by atoms with Gasteiger partial charge in [-0.05, 0) is 57.2 Å². The standard InChI is InChI=1S/C18H22ClNO3S/c1-12-5-10-16(24-12)15(22-4)11-20-17(21)18(2,3)23-14-8-6-13(19)7-9-14/h5-10,15H,11H2,1-4H3,(H,20,21)/t15-/m1/s1. The van der Waals surface area contributed by atoms with E-state index in [-0.39, 0.29) is 12.0 Å². The molecule has 1 aromatic heterocycles. The van der Waals surface area contributed by atoms with E-state index in [2.05, 4.69) is 5.32 Å². The Labute approximate surface area is 151 Å². The largest absolute Gasteiger partial charge is 0.478 e. The van der Waals surface area contributed by atoms with Crippen molar-refractivity contribution in [2.45, 2.75) is 32.5 Å². The van der Waals surface area contributed by atoms with Crippen LogP contribution in [0.3, 0.4) is 0 Å².